The first kappa shape index (κ1) is 19.9. The summed E-state index contributed by atoms with van der Waals surface area (Å²) < 4.78 is 5.49. The van der Waals surface area contributed by atoms with E-state index in [0.29, 0.717) is 0 Å². The molecule has 2 N–H and O–H groups in total. The SMILES string of the molecule is CC(CC(=O)N1CC(C(=O)O)C1)NC(=O)OCC1c2ccccc2-c2ccccc21. The van der Waals surface area contributed by atoms with Crippen molar-refractivity contribution in [2.75, 3.05) is 19.7 Å². The lowest BCUT2D eigenvalue weighted by Crippen LogP contribution is -2.54. The maximum absolute atomic E-state index is 12.3. The van der Waals surface area contributed by atoms with Crippen molar-refractivity contribution in [2.24, 2.45) is 5.92 Å². The molecule has 2 amide bonds. The predicted octanol–water partition coefficient (Wildman–Crippen LogP) is 2.85. The maximum Gasteiger partial charge on any atom is 0.407 e. The van der Waals surface area contributed by atoms with Crippen molar-refractivity contribution < 1.29 is 24.2 Å². The monoisotopic (exact) mass is 408 g/mol. The third kappa shape index (κ3) is 3.87. The van der Waals surface area contributed by atoms with Gasteiger partial charge in [-0.25, -0.2) is 4.79 Å². The van der Waals surface area contributed by atoms with E-state index in [1.807, 2.05) is 24.3 Å². The van der Waals surface area contributed by atoms with E-state index in [1.165, 1.54) is 4.90 Å². The van der Waals surface area contributed by atoms with Gasteiger partial charge < -0.3 is 20.1 Å². The Balaban J connectivity index is 1.29. The summed E-state index contributed by atoms with van der Waals surface area (Å²) in [4.78, 5) is 36.8. The Kier molecular flexibility index (Phi) is 5.44. The minimum Gasteiger partial charge on any atom is -0.481 e. The molecule has 0 bridgehead atoms. The largest absolute Gasteiger partial charge is 0.481 e. The van der Waals surface area contributed by atoms with Crippen LogP contribution in [0.5, 0.6) is 0 Å². The van der Waals surface area contributed by atoms with Crippen molar-refractivity contribution >= 4 is 18.0 Å². The zero-order valence-corrected chi connectivity index (χ0v) is 16.7. The molecule has 2 aromatic rings. The van der Waals surface area contributed by atoms with Gasteiger partial charge in [0.15, 0.2) is 0 Å². The molecule has 1 fully saturated rings. The predicted molar refractivity (Wildman–Crippen MR) is 110 cm³/mol. The van der Waals surface area contributed by atoms with Gasteiger partial charge in [0.05, 0.1) is 5.92 Å². The number of carbonyl (C=O) groups is 3. The van der Waals surface area contributed by atoms with Gasteiger partial charge in [0.1, 0.15) is 6.61 Å². The van der Waals surface area contributed by atoms with Crippen molar-refractivity contribution in [3.05, 3.63) is 59.7 Å². The third-order valence-corrected chi connectivity index (χ3v) is 5.77. The second kappa shape index (κ2) is 8.18. The number of carboxylic acid groups (broad SMARTS) is 1. The van der Waals surface area contributed by atoms with Crippen LogP contribution in [0.25, 0.3) is 11.1 Å². The van der Waals surface area contributed by atoms with Gasteiger partial charge in [-0.05, 0) is 29.2 Å². The molecule has 7 heteroatoms. The van der Waals surface area contributed by atoms with E-state index in [4.69, 9.17) is 9.84 Å². The van der Waals surface area contributed by atoms with E-state index in [0.717, 1.165) is 22.3 Å². The molecular weight excluding hydrogens is 384 g/mol. The highest BCUT2D eigenvalue weighted by Gasteiger charge is 2.36. The summed E-state index contributed by atoms with van der Waals surface area (Å²) in [5.74, 6) is -1.56. The van der Waals surface area contributed by atoms with Crippen molar-refractivity contribution in [2.45, 2.75) is 25.3 Å². The summed E-state index contributed by atoms with van der Waals surface area (Å²) >= 11 is 0. The van der Waals surface area contributed by atoms with Crippen molar-refractivity contribution in [1.29, 1.82) is 0 Å². The standard InChI is InChI=1S/C23H24N2O5/c1-14(10-21(26)25-11-15(12-25)22(27)28)24-23(29)30-13-20-18-8-4-2-6-16(18)17-7-3-5-9-19(17)20/h2-9,14-15,20H,10-13H2,1H3,(H,24,29)(H,27,28). The molecule has 7 nitrogen and oxygen atoms in total. The number of benzene rings is 2. The fourth-order valence-electron chi connectivity index (χ4n) is 4.12. The summed E-state index contributed by atoms with van der Waals surface area (Å²) in [6.07, 6.45) is -0.458. The molecule has 156 valence electrons. The Morgan fingerprint density at radius 3 is 2.20 bits per heavy atom. The highest BCUT2D eigenvalue weighted by molar-refractivity contribution is 5.82. The summed E-state index contributed by atoms with van der Waals surface area (Å²) in [5, 5.41) is 11.6. The summed E-state index contributed by atoms with van der Waals surface area (Å²) in [5.41, 5.74) is 4.60. The average Bonchev–Trinajstić information content (AvgIpc) is 2.98. The fraction of sp³-hybridized carbons (Fsp3) is 0.348. The average molecular weight is 408 g/mol. The van der Waals surface area contributed by atoms with Crippen LogP contribution in [0.4, 0.5) is 4.79 Å². The number of ether oxygens (including phenoxy) is 1. The molecule has 30 heavy (non-hydrogen) atoms. The van der Waals surface area contributed by atoms with E-state index in [-0.39, 0.29) is 37.9 Å². The topological polar surface area (TPSA) is 95.9 Å². The fourth-order valence-corrected chi connectivity index (χ4v) is 4.12. The number of alkyl carbamates (subject to hydrolysis) is 1. The molecule has 0 radical (unpaired) electrons. The van der Waals surface area contributed by atoms with Gasteiger partial charge in [0.25, 0.3) is 0 Å². The zero-order chi connectivity index (χ0) is 21.3. The number of likely N-dealkylation sites (tertiary alicyclic amines) is 1. The summed E-state index contributed by atoms with van der Waals surface area (Å²) in [6.45, 7) is 2.40. The molecule has 1 aliphatic carbocycles. The van der Waals surface area contributed by atoms with Crippen molar-refractivity contribution in [1.82, 2.24) is 10.2 Å². The summed E-state index contributed by atoms with van der Waals surface area (Å²) in [6, 6.07) is 15.8. The molecule has 0 aromatic heterocycles. The Morgan fingerprint density at radius 1 is 1.07 bits per heavy atom. The molecular formula is C23H24N2O5. The summed E-state index contributed by atoms with van der Waals surface area (Å²) in [7, 11) is 0. The normalized spacial score (nSPS) is 16.2. The molecule has 0 spiro atoms. The molecule has 1 saturated heterocycles. The van der Waals surface area contributed by atoms with Crippen LogP contribution in [0.1, 0.15) is 30.4 Å². The number of rotatable bonds is 6. The molecule has 0 saturated carbocycles. The minimum absolute atomic E-state index is 0.0193. The quantitative estimate of drug-likeness (QED) is 0.766. The van der Waals surface area contributed by atoms with Crippen LogP contribution in [0.3, 0.4) is 0 Å². The number of carboxylic acids is 1. The van der Waals surface area contributed by atoms with Crippen LogP contribution in [0, 0.1) is 5.92 Å². The second-order valence-electron chi connectivity index (χ2n) is 7.91. The Bertz CT molecular complexity index is 938. The minimum atomic E-state index is -0.885. The molecule has 1 heterocycles. The Labute approximate surface area is 174 Å². The first-order chi connectivity index (χ1) is 14.4. The number of amides is 2. The van der Waals surface area contributed by atoms with Gasteiger partial charge in [0.2, 0.25) is 5.91 Å². The number of nitrogens with one attached hydrogen (secondary N) is 1. The van der Waals surface area contributed by atoms with Crippen LogP contribution >= 0.6 is 0 Å². The second-order valence-corrected chi connectivity index (χ2v) is 7.91. The van der Waals surface area contributed by atoms with Gasteiger partial charge in [-0.3, -0.25) is 9.59 Å². The molecule has 1 atom stereocenters. The Morgan fingerprint density at radius 2 is 1.63 bits per heavy atom. The van der Waals surface area contributed by atoms with E-state index >= 15 is 0 Å². The van der Waals surface area contributed by atoms with Gasteiger partial charge in [0, 0.05) is 31.5 Å². The van der Waals surface area contributed by atoms with Crippen molar-refractivity contribution in [3.8, 4) is 11.1 Å². The van der Waals surface area contributed by atoms with E-state index in [2.05, 4.69) is 29.6 Å². The number of aliphatic carboxylic acids is 1. The van der Waals surface area contributed by atoms with Gasteiger partial charge in [-0.1, -0.05) is 48.5 Å². The smallest absolute Gasteiger partial charge is 0.407 e. The molecule has 1 unspecified atom stereocenters. The lowest BCUT2D eigenvalue weighted by atomic mass is 9.98. The van der Waals surface area contributed by atoms with Crippen LogP contribution in [-0.4, -0.2) is 53.7 Å². The third-order valence-electron chi connectivity index (χ3n) is 5.77. The first-order valence-corrected chi connectivity index (χ1v) is 10.1. The van der Waals surface area contributed by atoms with Crippen LogP contribution in [-0.2, 0) is 14.3 Å². The molecule has 1 aliphatic heterocycles. The van der Waals surface area contributed by atoms with E-state index in [9.17, 15) is 14.4 Å². The van der Waals surface area contributed by atoms with Crippen LogP contribution in [0.15, 0.2) is 48.5 Å². The molecule has 4 rings (SSSR count). The van der Waals surface area contributed by atoms with Crippen LogP contribution in [0.2, 0.25) is 0 Å². The lowest BCUT2D eigenvalue weighted by molar-refractivity contribution is -0.152. The number of fused-ring (bicyclic) bond motifs is 3. The number of carbonyl (C=O) groups excluding carboxylic acids is 2. The van der Waals surface area contributed by atoms with Gasteiger partial charge in [-0.15, -0.1) is 0 Å². The van der Waals surface area contributed by atoms with E-state index in [1.54, 1.807) is 6.92 Å². The van der Waals surface area contributed by atoms with Crippen molar-refractivity contribution in [3.63, 3.8) is 0 Å². The Hall–Kier alpha value is -3.35. The van der Waals surface area contributed by atoms with Gasteiger partial charge >= 0.3 is 12.1 Å². The first-order valence-electron chi connectivity index (χ1n) is 10.1. The number of hydrogen-bond donors (Lipinski definition) is 2. The lowest BCUT2D eigenvalue weighted by Gasteiger charge is -2.37. The highest BCUT2D eigenvalue weighted by Crippen LogP contribution is 2.44. The van der Waals surface area contributed by atoms with E-state index < -0.39 is 24.0 Å². The van der Waals surface area contributed by atoms with Crippen LogP contribution < -0.4 is 5.32 Å². The molecule has 2 aliphatic rings. The number of hydrogen-bond acceptors (Lipinski definition) is 4. The number of nitrogens with zero attached hydrogens (tertiary/aromatic N) is 1. The highest BCUT2D eigenvalue weighted by atomic mass is 16.5. The molecule has 2 aromatic carbocycles. The zero-order valence-electron chi connectivity index (χ0n) is 16.7. The van der Waals surface area contributed by atoms with Gasteiger partial charge in [-0.2, -0.15) is 0 Å². The maximum atomic E-state index is 12.3.